The van der Waals surface area contributed by atoms with Crippen LogP contribution in [0.25, 0.3) is 0 Å². The monoisotopic (exact) mass is 294 g/mol. The number of Topliss-reactive ketones (excluding diaryl/α,β-unsaturated/α-hetero) is 1. The SMILES string of the molecule is O=C(c1ccc2c(c1)CCCO2)C1CCCCS1(=O)=O. The van der Waals surface area contributed by atoms with Crippen LogP contribution in [0.1, 0.15) is 41.6 Å². The van der Waals surface area contributed by atoms with Crippen molar-refractivity contribution in [2.75, 3.05) is 12.4 Å². The number of carbonyl (C=O) groups is 1. The first-order valence-electron chi connectivity index (χ1n) is 7.09. The zero-order chi connectivity index (χ0) is 14.2. The summed E-state index contributed by atoms with van der Waals surface area (Å²) in [7, 11) is -3.27. The molecule has 2 aliphatic heterocycles. The molecule has 0 saturated carbocycles. The molecule has 20 heavy (non-hydrogen) atoms. The second-order valence-electron chi connectivity index (χ2n) is 5.49. The number of hydrogen-bond acceptors (Lipinski definition) is 4. The van der Waals surface area contributed by atoms with Crippen LogP contribution in [0, 0.1) is 0 Å². The number of hydrogen-bond donors (Lipinski definition) is 0. The summed E-state index contributed by atoms with van der Waals surface area (Å²) < 4.78 is 29.6. The predicted molar refractivity (Wildman–Crippen MR) is 76.0 cm³/mol. The first-order chi connectivity index (χ1) is 9.58. The van der Waals surface area contributed by atoms with Crippen molar-refractivity contribution in [3.63, 3.8) is 0 Å². The highest BCUT2D eigenvalue weighted by Crippen LogP contribution is 2.28. The van der Waals surface area contributed by atoms with Gasteiger partial charge in [0.1, 0.15) is 11.0 Å². The summed E-state index contributed by atoms with van der Waals surface area (Å²) in [5.41, 5.74) is 1.51. The predicted octanol–water partition coefficient (Wildman–Crippen LogP) is 2.16. The number of rotatable bonds is 2. The van der Waals surface area contributed by atoms with E-state index in [1.165, 1.54) is 0 Å². The Morgan fingerprint density at radius 2 is 2.05 bits per heavy atom. The summed E-state index contributed by atoms with van der Waals surface area (Å²) in [4.78, 5) is 12.5. The molecule has 0 aliphatic carbocycles. The normalized spacial score (nSPS) is 24.5. The number of ether oxygens (including phenoxy) is 1. The Kier molecular flexibility index (Phi) is 3.54. The maximum absolute atomic E-state index is 12.5. The van der Waals surface area contributed by atoms with Gasteiger partial charge < -0.3 is 4.74 Å². The van der Waals surface area contributed by atoms with Crippen LogP contribution < -0.4 is 4.74 Å². The smallest absolute Gasteiger partial charge is 0.180 e. The van der Waals surface area contributed by atoms with E-state index >= 15 is 0 Å². The van der Waals surface area contributed by atoms with Crippen LogP contribution in [-0.2, 0) is 16.3 Å². The summed E-state index contributed by atoms with van der Waals surface area (Å²) in [5.74, 6) is 0.703. The van der Waals surface area contributed by atoms with E-state index in [1.807, 2.05) is 0 Å². The Morgan fingerprint density at radius 3 is 2.85 bits per heavy atom. The highest BCUT2D eigenvalue weighted by Gasteiger charge is 2.35. The summed E-state index contributed by atoms with van der Waals surface area (Å²) in [6.07, 6.45) is 3.75. The van der Waals surface area contributed by atoms with Crippen molar-refractivity contribution in [3.05, 3.63) is 29.3 Å². The maximum Gasteiger partial charge on any atom is 0.180 e. The molecule has 1 atom stereocenters. The molecule has 0 aromatic heterocycles. The molecule has 1 fully saturated rings. The Labute approximate surface area is 119 Å². The Bertz CT molecular complexity index is 633. The standard InChI is InChI=1S/C15H18O4S/c16-15(14-5-1-2-9-20(14,17)18)12-6-7-13-11(10-12)4-3-8-19-13/h6-7,10,14H,1-5,8-9H2. The van der Waals surface area contributed by atoms with Crippen molar-refractivity contribution >= 4 is 15.6 Å². The van der Waals surface area contributed by atoms with Gasteiger partial charge in [0.25, 0.3) is 0 Å². The lowest BCUT2D eigenvalue weighted by Crippen LogP contribution is -2.35. The minimum absolute atomic E-state index is 0.136. The fourth-order valence-electron chi connectivity index (χ4n) is 2.95. The van der Waals surface area contributed by atoms with Crippen molar-refractivity contribution < 1.29 is 17.9 Å². The minimum atomic E-state index is -3.27. The molecular formula is C15H18O4S. The van der Waals surface area contributed by atoms with E-state index in [9.17, 15) is 13.2 Å². The van der Waals surface area contributed by atoms with Crippen LogP contribution in [0.4, 0.5) is 0 Å². The minimum Gasteiger partial charge on any atom is -0.493 e. The lowest BCUT2D eigenvalue weighted by molar-refractivity contribution is 0.0981. The van der Waals surface area contributed by atoms with E-state index in [-0.39, 0.29) is 11.5 Å². The molecule has 0 N–H and O–H groups in total. The molecule has 108 valence electrons. The molecule has 3 rings (SSSR count). The number of ketones is 1. The number of carbonyl (C=O) groups excluding carboxylic acids is 1. The van der Waals surface area contributed by atoms with E-state index < -0.39 is 15.1 Å². The Hall–Kier alpha value is -1.36. The lowest BCUT2D eigenvalue weighted by atomic mass is 9.98. The van der Waals surface area contributed by atoms with Crippen molar-refractivity contribution in [1.29, 1.82) is 0 Å². The molecule has 2 heterocycles. The number of fused-ring (bicyclic) bond motifs is 1. The highest BCUT2D eigenvalue weighted by molar-refractivity contribution is 7.92. The fourth-order valence-corrected chi connectivity index (χ4v) is 4.83. The van der Waals surface area contributed by atoms with E-state index in [1.54, 1.807) is 18.2 Å². The van der Waals surface area contributed by atoms with Gasteiger partial charge in [-0.05, 0) is 49.4 Å². The first kappa shape index (κ1) is 13.6. The van der Waals surface area contributed by atoms with Crippen LogP contribution in [0.2, 0.25) is 0 Å². The molecule has 0 radical (unpaired) electrons. The summed E-state index contributed by atoms with van der Waals surface area (Å²) in [6.45, 7) is 0.706. The number of sulfone groups is 1. The lowest BCUT2D eigenvalue weighted by Gasteiger charge is -2.22. The summed E-state index contributed by atoms with van der Waals surface area (Å²) in [5, 5.41) is -0.848. The average Bonchev–Trinajstić information content (AvgIpc) is 2.45. The van der Waals surface area contributed by atoms with E-state index in [4.69, 9.17) is 4.74 Å². The topological polar surface area (TPSA) is 60.4 Å². The third kappa shape index (κ3) is 2.46. The summed E-state index contributed by atoms with van der Waals surface area (Å²) in [6, 6.07) is 5.29. The van der Waals surface area contributed by atoms with Crippen LogP contribution in [0.3, 0.4) is 0 Å². The molecule has 0 bridgehead atoms. The van der Waals surface area contributed by atoms with Crippen molar-refractivity contribution in [1.82, 2.24) is 0 Å². The average molecular weight is 294 g/mol. The van der Waals surface area contributed by atoms with Crippen LogP contribution >= 0.6 is 0 Å². The third-order valence-corrected chi connectivity index (χ3v) is 6.24. The number of aryl methyl sites for hydroxylation is 1. The molecule has 5 heteroatoms. The maximum atomic E-state index is 12.5. The fraction of sp³-hybridized carbons (Fsp3) is 0.533. The van der Waals surface area contributed by atoms with Gasteiger partial charge in [-0.25, -0.2) is 8.42 Å². The zero-order valence-electron chi connectivity index (χ0n) is 11.3. The van der Waals surface area contributed by atoms with E-state index in [0.29, 0.717) is 25.0 Å². The van der Waals surface area contributed by atoms with Gasteiger partial charge in [-0.15, -0.1) is 0 Å². The van der Waals surface area contributed by atoms with Gasteiger partial charge >= 0.3 is 0 Å². The van der Waals surface area contributed by atoms with Gasteiger partial charge in [0.15, 0.2) is 15.6 Å². The second kappa shape index (κ2) is 5.20. The summed E-state index contributed by atoms with van der Waals surface area (Å²) >= 11 is 0. The number of benzene rings is 1. The van der Waals surface area contributed by atoms with Crippen LogP contribution in [0.5, 0.6) is 5.75 Å². The molecule has 1 unspecified atom stereocenters. The quantitative estimate of drug-likeness (QED) is 0.784. The highest BCUT2D eigenvalue weighted by atomic mass is 32.2. The van der Waals surface area contributed by atoms with Crippen molar-refractivity contribution in [3.8, 4) is 5.75 Å². The molecule has 0 spiro atoms. The van der Waals surface area contributed by atoms with Crippen molar-refractivity contribution in [2.24, 2.45) is 0 Å². The Morgan fingerprint density at radius 1 is 1.20 bits per heavy atom. The van der Waals surface area contributed by atoms with Gasteiger partial charge in [0, 0.05) is 5.56 Å². The third-order valence-electron chi connectivity index (χ3n) is 4.06. The molecule has 1 saturated heterocycles. The molecular weight excluding hydrogens is 276 g/mol. The molecule has 1 aromatic rings. The molecule has 0 amide bonds. The molecule has 2 aliphatic rings. The largest absolute Gasteiger partial charge is 0.493 e. The van der Waals surface area contributed by atoms with Crippen LogP contribution in [-0.4, -0.2) is 31.8 Å². The zero-order valence-corrected chi connectivity index (χ0v) is 12.1. The van der Waals surface area contributed by atoms with Crippen molar-refractivity contribution in [2.45, 2.75) is 37.4 Å². The van der Waals surface area contributed by atoms with E-state index in [2.05, 4.69) is 0 Å². The van der Waals surface area contributed by atoms with Gasteiger partial charge in [-0.1, -0.05) is 6.42 Å². The first-order valence-corrected chi connectivity index (χ1v) is 8.81. The van der Waals surface area contributed by atoms with Gasteiger partial charge in [0.05, 0.1) is 12.4 Å². The second-order valence-corrected chi connectivity index (χ2v) is 7.79. The van der Waals surface area contributed by atoms with E-state index in [0.717, 1.165) is 30.6 Å². The molecule has 4 nitrogen and oxygen atoms in total. The Balaban J connectivity index is 1.90. The van der Waals surface area contributed by atoms with Crippen LogP contribution in [0.15, 0.2) is 18.2 Å². The van der Waals surface area contributed by atoms with Gasteiger partial charge in [-0.2, -0.15) is 0 Å². The van der Waals surface area contributed by atoms with Gasteiger partial charge in [0.2, 0.25) is 0 Å². The van der Waals surface area contributed by atoms with Gasteiger partial charge in [-0.3, -0.25) is 4.79 Å². The molecule has 1 aromatic carbocycles.